The van der Waals surface area contributed by atoms with E-state index >= 15 is 0 Å². The van der Waals surface area contributed by atoms with Crippen molar-refractivity contribution in [2.24, 2.45) is 0 Å². The molecule has 0 aliphatic heterocycles. The summed E-state index contributed by atoms with van der Waals surface area (Å²) in [5.74, 6) is 1.00. The topological polar surface area (TPSA) is 51.6 Å². The minimum atomic E-state index is -1.01. The molecule has 19 heavy (non-hydrogen) atoms. The Morgan fingerprint density at radius 3 is 2.47 bits per heavy atom. The molecule has 0 bridgehead atoms. The van der Waals surface area contributed by atoms with Gasteiger partial charge in [-0.25, -0.2) is 0 Å². The van der Waals surface area contributed by atoms with E-state index in [-0.39, 0.29) is 0 Å². The highest BCUT2D eigenvalue weighted by molar-refractivity contribution is 6.31. The molecule has 1 atom stereocenters. The molecular weight excluding hydrogens is 266 g/mol. The van der Waals surface area contributed by atoms with Crippen LogP contribution in [-0.2, 0) is 0 Å². The van der Waals surface area contributed by atoms with Crippen LogP contribution >= 0.6 is 11.6 Å². The third-order valence-corrected chi connectivity index (χ3v) is 3.11. The molecule has 1 aromatic heterocycles. The number of benzene rings is 1. The lowest BCUT2D eigenvalue weighted by Gasteiger charge is -2.17. The van der Waals surface area contributed by atoms with Gasteiger partial charge in [0.1, 0.15) is 23.3 Å². The maximum Gasteiger partial charge on any atom is 0.143 e. The average molecular weight is 280 g/mol. The Morgan fingerprint density at radius 2 is 1.79 bits per heavy atom. The molecule has 2 rings (SSSR count). The van der Waals surface area contributed by atoms with Crippen LogP contribution in [0.3, 0.4) is 0 Å². The first kappa shape index (κ1) is 13.6. The van der Waals surface area contributed by atoms with Crippen LogP contribution in [0.1, 0.15) is 17.4 Å². The number of ether oxygens (including phenoxy) is 2. The molecule has 1 heterocycles. The number of pyridine rings is 1. The first-order chi connectivity index (χ1) is 9.19. The van der Waals surface area contributed by atoms with Crippen molar-refractivity contribution in [3.05, 3.63) is 52.8 Å². The molecule has 0 saturated carbocycles. The molecule has 0 aliphatic rings. The third-order valence-electron chi connectivity index (χ3n) is 2.78. The van der Waals surface area contributed by atoms with Gasteiger partial charge in [-0.05, 0) is 24.3 Å². The van der Waals surface area contributed by atoms with Gasteiger partial charge in [0, 0.05) is 11.8 Å². The average Bonchev–Trinajstić information content (AvgIpc) is 2.46. The summed E-state index contributed by atoms with van der Waals surface area (Å²) in [4.78, 5) is 4.15. The predicted molar refractivity (Wildman–Crippen MR) is 72.9 cm³/mol. The Balaban J connectivity index is 2.52. The summed E-state index contributed by atoms with van der Waals surface area (Å²) in [5.41, 5.74) is 0.875. The van der Waals surface area contributed by atoms with Gasteiger partial charge in [-0.3, -0.25) is 4.98 Å². The van der Waals surface area contributed by atoms with E-state index in [1.54, 1.807) is 36.5 Å². The normalized spacial score (nSPS) is 12.0. The number of rotatable bonds is 4. The van der Waals surface area contributed by atoms with Gasteiger partial charge in [-0.1, -0.05) is 17.7 Å². The van der Waals surface area contributed by atoms with Crippen LogP contribution in [0.5, 0.6) is 11.5 Å². The lowest BCUT2D eigenvalue weighted by atomic mass is 10.0. The third kappa shape index (κ3) is 2.64. The van der Waals surface area contributed by atoms with E-state index in [1.165, 1.54) is 14.2 Å². The van der Waals surface area contributed by atoms with Crippen molar-refractivity contribution in [3.8, 4) is 11.5 Å². The molecule has 0 fully saturated rings. The summed E-state index contributed by atoms with van der Waals surface area (Å²) < 4.78 is 10.4. The molecule has 1 N–H and O–H groups in total. The molecule has 0 radical (unpaired) electrons. The minimum Gasteiger partial charge on any atom is -0.496 e. The predicted octanol–water partition coefficient (Wildman–Crippen LogP) is 2.83. The Hall–Kier alpha value is -1.78. The number of aliphatic hydroxyl groups excluding tert-OH is 1. The molecule has 1 aromatic carbocycles. The van der Waals surface area contributed by atoms with E-state index in [1.807, 2.05) is 0 Å². The van der Waals surface area contributed by atoms with Crippen LogP contribution in [0.15, 0.2) is 36.5 Å². The maximum atomic E-state index is 10.5. The lowest BCUT2D eigenvalue weighted by Crippen LogP contribution is -2.07. The SMILES string of the molecule is COc1cccnc1C(O)c1c(Cl)cccc1OC. The van der Waals surface area contributed by atoms with Crippen LogP contribution in [0.2, 0.25) is 5.02 Å². The molecule has 0 amide bonds. The number of methoxy groups -OCH3 is 2. The standard InChI is InChI=1S/C14H14ClNO3/c1-18-10-6-3-5-9(15)12(10)14(17)13-11(19-2)7-4-8-16-13/h3-8,14,17H,1-2H3. The summed E-state index contributed by atoms with van der Waals surface area (Å²) in [7, 11) is 3.05. The molecule has 0 saturated heterocycles. The van der Waals surface area contributed by atoms with E-state index in [0.29, 0.717) is 27.8 Å². The zero-order chi connectivity index (χ0) is 13.8. The molecule has 100 valence electrons. The maximum absolute atomic E-state index is 10.5. The molecule has 0 aliphatic carbocycles. The van der Waals surface area contributed by atoms with Crippen LogP contribution in [0.25, 0.3) is 0 Å². The van der Waals surface area contributed by atoms with Gasteiger partial charge < -0.3 is 14.6 Å². The van der Waals surface area contributed by atoms with Gasteiger partial charge >= 0.3 is 0 Å². The van der Waals surface area contributed by atoms with Gasteiger partial charge in [0.15, 0.2) is 0 Å². The van der Waals surface area contributed by atoms with Crippen molar-refractivity contribution >= 4 is 11.6 Å². The second-order valence-electron chi connectivity index (χ2n) is 3.85. The number of aromatic nitrogens is 1. The second kappa shape index (κ2) is 5.91. The number of aliphatic hydroxyl groups is 1. The molecule has 2 aromatic rings. The van der Waals surface area contributed by atoms with Gasteiger partial charge in [0.2, 0.25) is 0 Å². The van der Waals surface area contributed by atoms with E-state index in [4.69, 9.17) is 21.1 Å². The van der Waals surface area contributed by atoms with Gasteiger partial charge in [-0.2, -0.15) is 0 Å². The van der Waals surface area contributed by atoms with Gasteiger partial charge in [0.25, 0.3) is 0 Å². The zero-order valence-corrected chi connectivity index (χ0v) is 11.4. The highest BCUT2D eigenvalue weighted by Crippen LogP contribution is 2.37. The molecule has 0 spiro atoms. The second-order valence-corrected chi connectivity index (χ2v) is 4.26. The van der Waals surface area contributed by atoms with E-state index in [2.05, 4.69) is 4.98 Å². The molecule has 5 heteroatoms. The van der Waals surface area contributed by atoms with Crippen LogP contribution < -0.4 is 9.47 Å². The highest BCUT2D eigenvalue weighted by atomic mass is 35.5. The quantitative estimate of drug-likeness (QED) is 0.935. The number of nitrogens with zero attached hydrogens (tertiary/aromatic N) is 1. The fourth-order valence-electron chi connectivity index (χ4n) is 1.88. The Bertz CT molecular complexity index is 574. The van der Waals surface area contributed by atoms with Crippen molar-refractivity contribution in [1.29, 1.82) is 0 Å². The number of hydrogen-bond donors (Lipinski definition) is 1. The number of halogens is 1. The van der Waals surface area contributed by atoms with Crippen molar-refractivity contribution < 1.29 is 14.6 Å². The van der Waals surface area contributed by atoms with E-state index in [9.17, 15) is 5.11 Å². The zero-order valence-electron chi connectivity index (χ0n) is 10.6. The van der Waals surface area contributed by atoms with E-state index < -0.39 is 6.10 Å². The highest BCUT2D eigenvalue weighted by Gasteiger charge is 2.22. The van der Waals surface area contributed by atoms with Crippen molar-refractivity contribution in [2.75, 3.05) is 14.2 Å². The summed E-state index contributed by atoms with van der Waals surface area (Å²) in [6, 6.07) is 8.65. The van der Waals surface area contributed by atoms with E-state index in [0.717, 1.165) is 0 Å². The fourth-order valence-corrected chi connectivity index (χ4v) is 2.15. The summed E-state index contributed by atoms with van der Waals surface area (Å²) in [5, 5.41) is 10.9. The van der Waals surface area contributed by atoms with Crippen molar-refractivity contribution in [1.82, 2.24) is 4.98 Å². The van der Waals surface area contributed by atoms with Gasteiger partial charge in [0.05, 0.1) is 19.2 Å². The van der Waals surface area contributed by atoms with Crippen molar-refractivity contribution in [2.45, 2.75) is 6.10 Å². The Kier molecular flexibility index (Phi) is 4.24. The largest absolute Gasteiger partial charge is 0.496 e. The van der Waals surface area contributed by atoms with Crippen LogP contribution in [0, 0.1) is 0 Å². The smallest absolute Gasteiger partial charge is 0.143 e. The Labute approximate surface area is 116 Å². The summed E-state index contributed by atoms with van der Waals surface area (Å²) in [6.07, 6.45) is 0.574. The lowest BCUT2D eigenvalue weighted by molar-refractivity contribution is 0.204. The molecule has 1 unspecified atom stereocenters. The first-order valence-corrected chi connectivity index (χ1v) is 6.06. The monoisotopic (exact) mass is 279 g/mol. The number of hydrogen-bond acceptors (Lipinski definition) is 4. The first-order valence-electron chi connectivity index (χ1n) is 5.68. The Morgan fingerprint density at radius 1 is 1.11 bits per heavy atom. The van der Waals surface area contributed by atoms with Crippen molar-refractivity contribution in [3.63, 3.8) is 0 Å². The molecule has 4 nitrogen and oxygen atoms in total. The van der Waals surface area contributed by atoms with Gasteiger partial charge in [-0.15, -0.1) is 0 Å². The summed E-state index contributed by atoms with van der Waals surface area (Å²) in [6.45, 7) is 0. The minimum absolute atomic E-state index is 0.399. The summed E-state index contributed by atoms with van der Waals surface area (Å²) >= 11 is 6.14. The fraction of sp³-hybridized carbons (Fsp3) is 0.214. The van der Waals surface area contributed by atoms with Crippen LogP contribution in [-0.4, -0.2) is 24.3 Å². The van der Waals surface area contributed by atoms with Crippen LogP contribution in [0.4, 0.5) is 0 Å². The molecular formula is C14H14ClNO3.